The van der Waals surface area contributed by atoms with E-state index in [0.29, 0.717) is 5.92 Å². The fraction of sp³-hybridized carbons (Fsp3) is 0.106. The molecule has 0 aliphatic heterocycles. The van der Waals surface area contributed by atoms with E-state index in [-0.39, 0.29) is 5.92 Å². The number of rotatable bonds is 5. The molecule has 7 aromatic rings. The molecule has 3 aliphatic rings. The summed E-state index contributed by atoms with van der Waals surface area (Å²) in [6, 6.07) is 42.5. The molecular weight excluding hydrogens is 593 g/mol. The van der Waals surface area contributed by atoms with E-state index in [1.165, 1.54) is 71.4 Å². The molecule has 0 amide bonds. The lowest BCUT2D eigenvalue weighted by Crippen LogP contribution is -2.06. The molecule has 0 N–H and O–H groups in total. The second-order valence-corrected chi connectivity index (χ2v) is 13.6. The molecule has 0 radical (unpaired) electrons. The van der Waals surface area contributed by atoms with Crippen LogP contribution in [0.25, 0.3) is 60.5 Å². The van der Waals surface area contributed by atoms with Gasteiger partial charge >= 0.3 is 0 Å². The Hall–Kier alpha value is -5.86. The molecule has 3 aliphatic carbocycles. The molecule has 1 aromatic heterocycles. The fourth-order valence-electron chi connectivity index (χ4n) is 8.17. The first-order valence-corrected chi connectivity index (χ1v) is 17.4. The van der Waals surface area contributed by atoms with Crippen LogP contribution in [-0.2, 0) is 6.42 Å². The highest BCUT2D eigenvalue weighted by Gasteiger charge is 2.29. The topological polar surface area (TPSA) is 25.8 Å². The van der Waals surface area contributed by atoms with Crippen LogP contribution in [0, 0.1) is 0 Å². The monoisotopic (exact) mass is 626 g/mol. The molecule has 49 heavy (non-hydrogen) atoms. The third-order valence-electron chi connectivity index (χ3n) is 10.7. The van der Waals surface area contributed by atoms with Gasteiger partial charge in [0.25, 0.3) is 0 Å². The summed E-state index contributed by atoms with van der Waals surface area (Å²) in [4.78, 5) is 10.4. The van der Waals surface area contributed by atoms with Gasteiger partial charge in [-0.2, -0.15) is 0 Å². The van der Waals surface area contributed by atoms with Gasteiger partial charge < -0.3 is 0 Å². The molecule has 0 saturated carbocycles. The molecule has 10 rings (SSSR count). The van der Waals surface area contributed by atoms with Crippen LogP contribution in [0.15, 0.2) is 158 Å². The Balaban J connectivity index is 1.07. The van der Waals surface area contributed by atoms with Crippen LogP contribution in [0.5, 0.6) is 0 Å². The smallest absolute Gasteiger partial charge is 0.160 e. The summed E-state index contributed by atoms with van der Waals surface area (Å²) >= 11 is 0. The van der Waals surface area contributed by atoms with Crippen molar-refractivity contribution in [3.8, 4) is 22.6 Å². The molecule has 0 fully saturated rings. The first kappa shape index (κ1) is 28.2. The number of benzene rings is 6. The van der Waals surface area contributed by atoms with Crippen molar-refractivity contribution in [2.75, 3.05) is 0 Å². The summed E-state index contributed by atoms with van der Waals surface area (Å²) in [7, 11) is 0. The van der Waals surface area contributed by atoms with Crippen LogP contribution in [0.1, 0.15) is 52.6 Å². The van der Waals surface area contributed by atoms with Crippen molar-refractivity contribution in [2.45, 2.75) is 31.1 Å². The third-order valence-corrected chi connectivity index (χ3v) is 10.7. The molecule has 0 bridgehead atoms. The normalized spacial score (nSPS) is 17.8. The second-order valence-electron chi connectivity index (χ2n) is 13.6. The van der Waals surface area contributed by atoms with Crippen LogP contribution in [0.3, 0.4) is 0 Å². The van der Waals surface area contributed by atoms with Crippen molar-refractivity contribution in [3.63, 3.8) is 0 Å². The average molecular weight is 627 g/mol. The maximum atomic E-state index is 5.32. The van der Waals surface area contributed by atoms with E-state index in [2.05, 4.69) is 158 Å². The molecule has 0 saturated heterocycles. The first-order chi connectivity index (χ1) is 24.3. The lowest BCUT2D eigenvalue weighted by atomic mass is 9.79. The lowest BCUT2D eigenvalue weighted by molar-refractivity contribution is 0.854. The highest BCUT2D eigenvalue weighted by molar-refractivity contribution is 6.25. The van der Waals surface area contributed by atoms with E-state index in [1.54, 1.807) is 0 Å². The molecule has 0 spiro atoms. The van der Waals surface area contributed by atoms with Crippen molar-refractivity contribution < 1.29 is 0 Å². The Labute approximate surface area is 286 Å². The van der Waals surface area contributed by atoms with E-state index in [0.717, 1.165) is 36.3 Å². The van der Waals surface area contributed by atoms with Crippen molar-refractivity contribution in [2.24, 2.45) is 0 Å². The van der Waals surface area contributed by atoms with Crippen LogP contribution in [0.2, 0.25) is 0 Å². The Kier molecular flexibility index (Phi) is 6.55. The number of hydrogen-bond donors (Lipinski definition) is 0. The zero-order valence-electron chi connectivity index (χ0n) is 27.2. The molecule has 2 atom stereocenters. The van der Waals surface area contributed by atoms with Crippen molar-refractivity contribution in [3.05, 3.63) is 186 Å². The van der Waals surface area contributed by atoms with Gasteiger partial charge in [-0.05, 0) is 79.6 Å². The lowest BCUT2D eigenvalue weighted by Gasteiger charge is -2.25. The first-order valence-electron chi connectivity index (χ1n) is 17.4. The highest BCUT2D eigenvalue weighted by Crippen LogP contribution is 2.45. The summed E-state index contributed by atoms with van der Waals surface area (Å²) < 4.78 is 0. The van der Waals surface area contributed by atoms with Gasteiger partial charge in [0.2, 0.25) is 0 Å². The molecule has 232 valence electrons. The van der Waals surface area contributed by atoms with E-state index in [4.69, 9.17) is 9.97 Å². The SMILES string of the molecule is C1=CCC(c2cccc(-c3nc(-c4ccccc4C4=CC=CCC4c4ccc5c6ccccc6c6ccccc6c5c4)nc4c3C4)c2)C=C1. The van der Waals surface area contributed by atoms with E-state index in [9.17, 15) is 0 Å². The number of fused-ring (bicyclic) bond motifs is 7. The molecule has 2 nitrogen and oxygen atoms in total. The average Bonchev–Trinajstić information content (AvgIpc) is 3.98. The Morgan fingerprint density at radius 3 is 2.02 bits per heavy atom. The van der Waals surface area contributed by atoms with Gasteiger partial charge in [0, 0.05) is 34.9 Å². The zero-order chi connectivity index (χ0) is 32.3. The Morgan fingerprint density at radius 2 is 1.24 bits per heavy atom. The number of hydrogen-bond acceptors (Lipinski definition) is 2. The van der Waals surface area contributed by atoms with Gasteiger partial charge in [-0.1, -0.05) is 146 Å². The van der Waals surface area contributed by atoms with Gasteiger partial charge in [0.1, 0.15) is 0 Å². The zero-order valence-corrected chi connectivity index (χ0v) is 27.2. The van der Waals surface area contributed by atoms with E-state index >= 15 is 0 Å². The molecule has 6 aromatic carbocycles. The number of nitrogens with zero attached hydrogens (tertiary/aromatic N) is 2. The van der Waals surface area contributed by atoms with Crippen LogP contribution < -0.4 is 0 Å². The minimum Gasteiger partial charge on any atom is -0.232 e. The van der Waals surface area contributed by atoms with Crippen LogP contribution >= 0.6 is 0 Å². The molecule has 2 heteroatoms. The predicted molar refractivity (Wildman–Crippen MR) is 205 cm³/mol. The summed E-state index contributed by atoms with van der Waals surface area (Å²) in [6.45, 7) is 0. The molecule has 2 unspecified atom stereocenters. The number of aromatic nitrogens is 2. The minimum absolute atomic E-state index is 0.221. The van der Waals surface area contributed by atoms with Crippen LogP contribution in [-0.4, -0.2) is 9.97 Å². The summed E-state index contributed by atoms with van der Waals surface area (Å²) in [6.07, 6.45) is 18.6. The van der Waals surface area contributed by atoms with Crippen molar-refractivity contribution in [1.29, 1.82) is 0 Å². The highest BCUT2D eigenvalue weighted by atomic mass is 14.9. The molecule has 1 heterocycles. The van der Waals surface area contributed by atoms with Gasteiger partial charge in [0.15, 0.2) is 5.82 Å². The van der Waals surface area contributed by atoms with Crippen LogP contribution in [0.4, 0.5) is 0 Å². The summed E-state index contributed by atoms with van der Waals surface area (Å²) in [5, 5.41) is 7.86. The van der Waals surface area contributed by atoms with Crippen molar-refractivity contribution in [1.82, 2.24) is 9.97 Å². The summed E-state index contributed by atoms with van der Waals surface area (Å²) in [5.74, 6) is 1.45. The van der Waals surface area contributed by atoms with Crippen molar-refractivity contribution >= 4 is 37.9 Å². The predicted octanol–water partition coefficient (Wildman–Crippen LogP) is 11.9. The van der Waals surface area contributed by atoms with Gasteiger partial charge in [-0.3, -0.25) is 0 Å². The Bertz CT molecular complexity index is 2560. The Morgan fingerprint density at radius 1 is 0.531 bits per heavy atom. The quantitative estimate of drug-likeness (QED) is 0.178. The van der Waals surface area contributed by atoms with Gasteiger partial charge in [0.05, 0.1) is 11.4 Å². The largest absolute Gasteiger partial charge is 0.232 e. The maximum Gasteiger partial charge on any atom is 0.160 e. The maximum absolute atomic E-state index is 5.32. The summed E-state index contributed by atoms with van der Waals surface area (Å²) in [5.41, 5.74) is 11.0. The van der Waals surface area contributed by atoms with Gasteiger partial charge in [-0.15, -0.1) is 0 Å². The third kappa shape index (κ3) is 4.78. The number of allylic oxidation sites excluding steroid dienone is 8. The standard InChI is InChI=1S/C47H34N2/c1-2-13-30(14-3-1)31-15-12-16-33(27-31)46-44-29-45(44)48-47(49-46)42-24-11-10-22-39(42)35-18-5-4-17-34(35)32-25-26-41-38-21-7-6-19-36(38)37-20-8-9-23-40(37)43(41)28-32/h1-13,15-16,18-28,30,34H,14,17,29H2. The molecular formula is C47H34N2. The minimum atomic E-state index is 0.221. The van der Waals surface area contributed by atoms with Gasteiger partial charge in [-0.25, -0.2) is 9.97 Å². The van der Waals surface area contributed by atoms with E-state index < -0.39 is 0 Å². The van der Waals surface area contributed by atoms with E-state index in [1.807, 2.05) is 0 Å². The fourth-order valence-corrected chi connectivity index (χ4v) is 8.17. The second kappa shape index (κ2) is 11.4.